The number of nitrogens with two attached hydrogens (primary N) is 1. The van der Waals surface area contributed by atoms with Gasteiger partial charge in [0, 0.05) is 5.56 Å². The molecule has 1 aromatic carbocycles. The van der Waals surface area contributed by atoms with E-state index in [1.807, 2.05) is 0 Å². The molecule has 0 atom stereocenters. The lowest BCUT2D eigenvalue weighted by Gasteiger charge is -2.13. The van der Waals surface area contributed by atoms with Crippen molar-refractivity contribution in [3.05, 3.63) is 39.8 Å². The molecule has 0 saturated carbocycles. The number of methoxy groups -OCH3 is 4. The van der Waals surface area contributed by atoms with Gasteiger partial charge in [0.05, 0.1) is 28.4 Å². The Kier molecular flexibility index (Phi) is 6.83. The van der Waals surface area contributed by atoms with Crippen molar-refractivity contribution >= 4 is 34.2 Å². The molecule has 0 fully saturated rings. The SMILES string of the molecule is COC(=O)c1sc(N)c(C(=O)OC)c1COC(=O)c1c(OC)cccc1OC. The van der Waals surface area contributed by atoms with Crippen LogP contribution in [0.3, 0.4) is 0 Å². The normalized spacial score (nSPS) is 10.1. The summed E-state index contributed by atoms with van der Waals surface area (Å²) >= 11 is 0.842. The molecule has 1 aromatic heterocycles. The first-order chi connectivity index (χ1) is 13.4. The Morgan fingerprint density at radius 1 is 0.893 bits per heavy atom. The van der Waals surface area contributed by atoms with Gasteiger partial charge in [0.15, 0.2) is 0 Å². The van der Waals surface area contributed by atoms with Crippen molar-refractivity contribution in [2.24, 2.45) is 0 Å². The summed E-state index contributed by atoms with van der Waals surface area (Å²) in [4.78, 5) is 36.8. The van der Waals surface area contributed by atoms with Crippen molar-refractivity contribution < 1.29 is 38.1 Å². The first-order valence-corrected chi connectivity index (χ1v) is 8.67. The molecule has 0 unspecified atom stereocenters. The molecule has 28 heavy (non-hydrogen) atoms. The molecule has 0 bridgehead atoms. The predicted molar refractivity (Wildman–Crippen MR) is 100 cm³/mol. The molecular formula is C18H19NO8S. The number of anilines is 1. The molecule has 150 valence electrons. The Hall–Kier alpha value is -3.27. The van der Waals surface area contributed by atoms with Gasteiger partial charge in [-0.25, -0.2) is 14.4 Å². The summed E-state index contributed by atoms with van der Waals surface area (Å²) in [6, 6.07) is 4.79. The minimum Gasteiger partial charge on any atom is -0.496 e. The lowest BCUT2D eigenvalue weighted by molar-refractivity contribution is 0.0446. The zero-order valence-corrected chi connectivity index (χ0v) is 16.5. The molecule has 0 amide bonds. The van der Waals surface area contributed by atoms with E-state index in [4.69, 9.17) is 29.4 Å². The van der Waals surface area contributed by atoms with Crippen LogP contribution in [0.5, 0.6) is 11.5 Å². The molecule has 2 N–H and O–H groups in total. The first-order valence-electron chi connectivity index (χ1n) is 7.85. The summed E-state index contributed by atoms with van der Waals surface area (Å²) in [7, 11) is 5.16. The van der Waals surface area contributed by atoms with Crippen LogP contribution in [0, 0.1) is 0 Å². The van der Waals surface area contributed by atoms with Crippen LogP contribution in [0.15, 0.2) is 18.2 Å². The summed E-state index contributed by atoms with van der Waals surface area (Å²) < 4.78 is 25.1. The van der Waals surface area contributed by atoms with Crippen molar-refractivity contribution in [2.75, 3.05) is 34.2 Å². The fraction of sp³-hybridized carbons (Fsp3) is 0.278. The zero-order chi connectivity index (χ0) is 20.8. The van der Waals surface area contributed by atoms with Crippen molar-refractivity contribution in [1.82, 2.24) is 0 Å². The molecule has 2 aromatic rings. The van der Waals surface area contributed by atoms with Crippen LogP contribution >= 0.6 is 11.3 Å². The molecule has 0 spiro atoms. The Labute approximate surface area is 164 Å². The van der Waals surface area contributed by atoms with Crippen molar-refractivity contribution in [1.29, 1.82) is 0 Å². The smallest absolute Gasteiger partial charge is 0.348 e. The highest BCUT2D eigenvalue weighted by Crippen LogP contribution is 2.34. The number of nitrogen functional groups attached to an aromatic ring is 1. The number of rotatable bonds is 7. The first kappa shape index (κ1) is 21.0. The van der Waals surface area contributed by atoms with Gasteiger partial charge in [-0.15, -0.1) is 11.3 Å². The number of hydrogen-bond acceptors (Lipinski definition) is 10. The highest BCUT2D eigenvalue weighted by Gasteiger charge is 2.29. The third-order valence-corrected chi connectivity index (χ3v) is 4.82. The number of carbonyl (C=O) groups is 3. The topological polar surface area (TPSA) is 123 Å². The van der Waals surface area contributed by atoms with E-state index in [0.29, 0.717) is 0 Å². The maximum Gasteiger partial charge on any atom is 0.348 e. The van der Waals surface area contributed by atoms with E-state index in [1.165, 1.54) is 28.4 Å². The molecular weight excluding hydrogens is 390 g/mol. The van der Waals surface area contributed by atoms with Crippen molar-refractivity contribution in [2.45, 2.75) is 6.61 Å². The lowest BCUT2D eigenvalue weighted by Crippen LogP contribution is -2.14. The summed E-state index contributed by atoms with van der Waals surface area (Å²) in [5.41, 5.74) is 5.97. The van der Waals surface area contributed by atoms with Gasteiger partial charge in [0.2, 0.25) is 0 Å². The van der Waals surface area contributed by atoms with E-state index in [-0.39, 0.29) is 38.1 Å². The average molecular weight is 409 g/mol. The van der Waals surface area contributed by atoms with Gasteiger partial charge >= 0.3 is 17.9 Å². The van der Waals surface area contributed by atoms with E-state index in [1.54, 1.807) is 18.2 Å². The van der Waals surface area contributed by atoms with Gasteiger partial charge in [-0.05, 0) is 12.1 Å². The summed E-state index contributed by atoms with van der Waals surface area (Å²) in [6.45, 7) is -0.414. The Balaban J connectivity index is 2.40. The number of carbonyl (C=O) groups excluding carboxylic acids is 3. The third kappa shape index (κ3) is 4.01. The number of benzene rings is 1. The van der Waals surface area contributed by atoms with Crippen LogP contribution in [-0.2, 0) is 20.8 Å². The number of thiophene rings is 1. The van der Waals surface area contributed by atoms with Gasteiger partial charge in [-0.2, -0.15) is 0 Å². The summed E-state index contributed by atoms with van der Waals surface area (Å²) in [5.74, 6) is -1.76. The van der Waals surface area contributed by atoms with Crippen LogP contribution in [0.25, 0.3) is 0 Å². The van der Waals surface area contributed by atoms with Crippen LogP contribution in [-0.4, -0.2) is 46.3 Å². The fourth-order valence-electron chi connectivity index (χ4n) is 2.47. The van der Waals surface area contributed by atoms with Gasteiger partial charge in [-0.3, -0.25) is 0 Å². The predicted octanol–water partition coefficient (Wildman–Crippen LogP) is 2.28. The molecule has 0 aliphatic heterocycles. The Bertz CT molecular complexity index is 883. The second-order valence-electron chi connectivity index (χ2n) is 5.25. The minimum absolute atomic E-state index is 0.0418. The monoisotopic (exact) mass is 409 g/mol. The second-order valence-corrected chi connectivity index (χ2v) is 6.30. The molecule has 1 heterocycles. The molecule has 0 aliphatic rings. The van der Waals surface area contributed by atoms with Crippen LogP contribution in [0.2, 0.25) is 0 Å². The van der Waals surface area contributed by atoms with E-state index in [9.17, 15) is 14.4 Å². The van der Waals surface area contributed by atoms with Gasteiger partial charge in [-0.1, -0.05) is 6.07 Å². The van der Waals surface area contributed by atoms with Crippen LogP contribution in [0.4, 0.5) is 5.00 Å². The lowest BCUT2D eigenvalue weighted by atomic mass is 10.1. The highest BCUT2D eigenvalue weighted by molar-refractivity contribution is 7.18. The van der Waals surface area contributed by atoms with Gasteiger partial charge in [0.25, 0.3) is 0 Å². The molecule has 2 rings (SSSR count). The minimum atomic E-state index is -0.772. The number of esters is 3. The standard InChI is InChI=1S/C18H19NO8S/c1-23-10-6-5-7-11(24-2)13(10)17(21)27-8-9-12(16(20)25-3)15(19)28-14(9)18(22)26-4/h5-7H,8,19H2,1-4H3. The van der Waals surface area contributed by atoms with E-state index < -0.39 is 24.5 Å². The third-order valence-electron chi connectivity index (χ3n) is 3.77. The number of hydrogen-bond donors (Lipinski definition) is 1. The van der Waals surface area contributed by atoms with Crippen molar-refractivity contribution in [3.63, 3.8) is 0 Å². The highest BCUT2D eigenvalue weighted by atomic mass is 32.1. The molecule has 9 nitrogen and oxygen atoms in total. The van der Waals surface area contributed by atoms with E-state index >= 15 is 0 Å². The molecule has 0 saturated heterocycles. The quantitative estimate of drug-likeness (QED) is 0.542. The van der Waals surface area contributed by atoms with E-state index in [2.05, 4.69) is 0 Å². The average Bonchev–Trinajstić information content (AvgIpc) is 3.05. The van der Waals surface area contributed by atoms with Gasteiger partial charge < -0.3 is 29.4 Å². The fourth-order valence-corrected chi connectivity index (χ4v) is 3.45. The maximum atomic E-state index is 12.6. The molecule has 0 radical (unpaired) electrons. The van der Waals surface area contributed by atoms with Gasteiger partial charge in [0.1, 0.15) is 39.1 Å². The van der Waals surface area contributed by atoms with Crippen LogP contribution < -0.4 is 15.2 Å². The molecule has 10 heteroatoms. The largest absolute Gasteiger partial charge is 0.496 e. The van der Waals surface area contributed by atoms with Crippen LogP contribution in [0.1, 0.15) is 36.0 Å². The molecule has 0 aliphatic carbocycles. The van der Waals surface area contributed by atoms with E-state index in [0.717, 1.165) is 11.3 Å². The zero-order valence-electron chi connectivity index (χ0n) is 15.7. The summed E-state index contributed by atoms with van der Waals surface area (Å²) in [6.07, 6.45) is 0. The second kappa shape index (κ2) is 9.09. The van der Waals surface area contributed by atoms with Crippen molar-refractivity contribution in [3.8, 4) is 11.5 Å². The Morgan fingerprint density at radius 2 is 1.46 bits per heavy atom. The Morgan fingerprint density at radius 3 is 1.96 bits per heavy atom. The number of ether oxygens (including phenoxy) is 5. The summed E-state index contributed by atoms with van der Waals surface area (Å²) in [5, 5.41) is 0.0492. The maximum absolute atomic E-state index is 12.6.